The van der Waals surface area contributed by atoms with E-state index in [0.717, 1.165) is 25.0 Å². The minimum Gasteiger partial charge on any atom is -0.480 e. The fraction of sp³-hybridized carbons (Fsp3) is 0.700. The van der Waals surface area contributed by atoms with Gasteiger partial charge in [-0.1, -0.05) is 26.0 Å². The Morgan fingerprint density at radius 2 is 2.00 bits per heavy atom. The van der Waals surface area contributed by atoms with Gasteiger partial charge in [0.05, 0.1) is 6.54 Å². The van der Waals surface area contributed by atoms with E-state index >= 15 is 0 Å². The number of carboxylic acid groups (broad SMARTS) is 1. The molecule has 0 amide bonds. The minimum atomic E-state index is -0.766. The van der Waals surface area contributed by atoms with Crippen molar-refractivity contribution in [2.75, 3.05) is 19.6 Å². The third kappa shape index (κ3) is 6.34. The van der Waals surface area contributed by atoms with E-state index in [1.807, 2.05) is 18.7 Å². The van der Waals surface area contributed by atoms with Crippen LogP contribution in [0.4, 0.5) is 0 Å². The van der Waals surface area contributed by atoms with Crippen LogP contribution < -0.4 is 0 Å². The Labute approximate surface area is 80.0 Å². The first-order valence-electron chi connectivity index (χ1n) is 4.70. The van der Waals surface area contributed by atoms with E-state index in [1.165, 1.54) is 0 Å². The summed E-state index contributed by atoms with van der Waals surface area (Å²) >= 11 is 0. The van der Waals surface area contributed by atoms with Crippen LogP contribution in [0.3, 0.4) is 0 Å². The molecule has 0 atom stereocenters. The average Bonchev–Trinajstić information content (AvgIpc) is 2.03. The molecule has 0 saturated carbocycles. The summed E-state index contributed by atoms with van der Waals surface area (Å²) in [4.78, 5) is 12.4. The van der Waals surface area contributed by atoms with Crippen molar-refractivity contribution in [2.45, 2.75) is 26.7 Å². The Balaban J connectivity index is 3.93. The number of hydrogen-bond acceptors (Lipinski definition) is 2. The second-order valence-corrected chi connectivity index (χ2v) is 3.21. The Morgan fingerprint density at radius 3 is 2.38 bits per heavy atom. The lowest BCUT2D eigenvalue weighted by Gasteiger charge is -2.19. The monoisotopic (exact) mass is 185 g/mol. The lowest BCUT2D eigenvalue weighted by Crippen LogP contribution is -2.32. The summed E-state index contributed by atoms with van der Waals surface area (Å²) in [5.41, 5.74) is 1.09. The molecule has 0 aromatic heterocycles. The quantitative estimate of drug-likeness (QED) is 0.614. The molecule has 0 aliphatic carbocycles. The maximum Gasteiger partial charge on any atom is 0.317 e. The average molecular weight is 185 g/mol. The van der Waals surface area contributed by atoms with Crippen molar-refractivity contribution in [1.29, 1.82) is 0 Å². The first-order chi connectivity index (χ1) is 6.10. The van der Waals surface area contributed by atoms with Crippen LogP contribution >= 0.6 is 0 Å². The van der Waals surface area contributed by atoms with Crippen LogP contribution in [0.5, 0.6) is 0 Å². The standard InChI is InChI=1S/C10H19NO2/c1-4-6-11(8-10(12)13)7-9(3)5-2/h3-8H2,1-2H3,(H,12,13). The number of carbonyl (C=O) groups is 1. The number of carboxylic acids is 1. The Hall–Kier alpha value is -0.830. The first-order valence-corrected chi connectivity index (χ1v) is 4.70. The number of nitrogens with zero attached hydrogens (tertiary/aromatic N) is 1. The zero-order valence-corrected chi connectivity index (χ0v) is 8.55. The number of aliphatic carboxylic acids is 1. The summed E-state index contributed by atoms with van der Waals surface area (Å²) in [7, 11) is 0. The molecule has 13 heavy (non-hydrogen) atoms. The van der Waals surface area contributed by atoms with Crippen LogP contribution in [-0.4, -0.2) is 35.6 Å². The summed E-state index contributed by atoms with van der Waals surface area (Å²) in [6.07, 6.45) is 1.89. The Kier molecular flexibility index (Phi) is 6.24. The van der Waals surface area contributed by atoms with Crippen LogP contribution in [0.2, 0.25) is 0 Å². The Morgan fingerprint density at radius 1 is 1.38 bits per heavy atom. The molecule has 0 aromatic carbocycles. The molecule has 0 heterocycles. The van der Waals surface area contributed by atoms with E-state index in [2.05, 4.69) is 6.58 Å². The number of rotatable bonds is 7. The van der Waals surface area contributed by atoms with E-state index in [9.17, 15) is 4.79 Å². The predicted molar refractivity (Wildman–Crippen MR) is 53.8 cm³/mol. The highest BCUT2D eigenvalue weighted by Gasteiger charge is 2.08. The summed E-state index contributed by atoms with van der Waals surface area (Å²) in [6.45, 7) is 9.60. The molecular formula is C10H19NO2. The maximum atomic E-state index is 10.5. The molecular weight excluding hydrogens is 166 g/mol. The van der Waals surface area contributed by atoms with Gasteiger partial charge >= 0.3 is 5.97 Å². The SMILES string of the molecule is C=C(CC)CN(CCC)CC(=O)O. The van der Waals surface area contributed by atoms with Crippen LogP contribution in [0.25, 0.3) is 0 Å². The van der Waals surface area contributed by atoms with Gasteiger partial charge in [0.1, 0.15) is 0 Å². The highest BCUT2D eigenvalue weighted by atomic mass is 16.4. The van der Waals surface area contributed by atoms with Crippen molar-refractivity contribution in [3.63, 3.8) is 0 Å². The van der Waals surface area contributed by atoms with E-state index < -0.39 is 5.97 Å². The summed E-state index contributed by atoms with van der Waals surface area (Å²) in [5, 5.41) is 8.62. The number of hydrogen-bond donors (Lipinski definition) is 1. The normalized spacial score (nSPS) is 10.4. The van der Waals surface area contributed by atoms with E-state index in [1.54, 1.807) is 0 Å². The van der Waals surface area contributed by atoms with Gasteiger partial charge in [-0.15, -0.1) is 0 Å². The van der Waals surface area contributed by atoms with Crippen molar-refractivity contribution >= 4 is 5.97 Å². The van der Waals surface area contributed by atoms with Crippen LogP contribution in [-0.2, 0) is 4.79 Å². The minimum absolute atomic E-state index is 0.118. The van der Waals surface area contributed by atoms with Crippen molar-refractivity contribution in [2.24, 2.45) is 0 Å². The van der Waals surface area contributed by atoms with Gasteiger partial charge in [-0.25, -0.2) is 0 Å². The van der Waals surface area contributed by atoms with Crippen LogP contribution in [0, 0.1) is 0 Å². The molecule has 0 aliphatic rings. The van der Waals surface area contributed by atoms with Crippen molar-refractivity contribution in [1.82, 2.24) is 4.90 Å². The van der Waals surface area contributed by atoms with E-state index in [0.29, 0.717) is 6.54 Å². The van der Waals surface area contributed by atoms with Crippen molar-refractivity contribution < 1.29 is 9.90 Å². The zero-order chi connectivity index (χ0) is 10.3. The lowest BCUT2D eigenvalue weighted by atomic mass is 10.2. The molecule has 1 N–H and O–H groups in total. The van der Waals surface area contributed by atoms with E-state index in [-0.39, 0.29) is 6.54 Å². The summed E-state index contributed by atoms with van der Waals surface area (Å²) in [5.74, 6) is -0.766. The van der Waals surface area contributed by atoms with Gasteiger partial charge in [-0.05, 0) is 19.4 Å². The molecule has 0 radical (unpaired) electrons. The largest absolute Gasteiger partial charge is 0.480 e. The molecule has 0 aromatic rings. The van der Waals surface area contributed by atoms with E-state index in [4.69, 9.17) is 5.11 Å². The fourth-order valence-corrected chi connectivity index (χ4v) is 1.15. The van der Waals surface area contributed by atoms with Gasteiger partial charge in [0.2, 0.25) is 0 Å². The van der Waals surface area contributed by atoms with Crippen molar-refractivity contribution in [3.05, 3.63) is 12.2 Å². The lowest BCUT2D eigenvalue weighted by molar-refractivity contribution is -0.138. The van der Waals surface area contributed by atoms with Crippen LogP contribution in [0.15, 0.2) is 12.2 Å². The van der Waals surface area contributed by atoms with Gasteiger partial charge < -0.3 is 5.11 Å². The Bertz CT molecular complexity index is 178. The molecule has 0 saturated heterocycles. The molecule has 3 heteroatoms. The predicted octanol–water partition coefficient (Wildman–Crippen LogP) is 1.75. The first kappa shape index (κ1) is 12.2. The zero-order valence-electron chi connectivity index (χ0n) is 8.55. The smallest absolute Gasteiger partial charge is 0.317 e. The summed E-state index contributed by atoms with van der Waals surface area (Å²) in [6, 6.07) is 0. The molecule has 0 spiro atoms. The van der Waals surface area contributed by atoms with Gasteiger partial charge in [0.25, 0.3) is 0 Å². The second-order valence-electron chi connectivity index (χ2n) is 3.21. The third-order valence-electron chi connectivity index (χ3n) is 1.85. The van der Waals surface area contributed by atoms with Gasteiger partial charge in [-0.3, -0.25) is 9.69 Å². The topological polar surface area (TPSA) is 40.5 Å². The fourth-order valence-electron chi connectivity index (χ4n) is 1.15. The highest BCUT2D eigenvalue weighted by molar-refractivity contribution is 5.69. The molecule has 0 rings (SSSR count). The molecule has 3 nitrogen and oxygen atoms in total. The maximum absolute atomic E-state index is 10.5. The van der Waals surface area contributed by atoms with Crippen molar-refractivity contribution in [3.8, 4) is 0 Å². The van der Waals surface area contributed by atoms with Gasteiger partial charge in [0.15, 0.2) is 0 Å². The second kappa shape index (κ2) is 6.66. The third-order valence-corrected chi connectivity index (χ3v) is 1.85. The summed E-state index contributed by atoms with van der Waals surface area (Å²) < 4.78 is 0. The van der Waals surface area contributed by atoms with Gasteiger partial charge in [0, 0.05) is 6.54 Å². The van der Waals surface area contributed by atoms with Crippen LogP contribution in [0.1, 0.15) is 26.7 Å². The molecule has 0 unspecified atom stereocenters. The molecule has 0 bridgehead atoms. The molecule has 0 fully saturated rings. The molecule has 0 aliphatic heterocycles. The highest BCUT2D eigenvalue weighted by Crippen LogP contribution is 2.01. The van der Waals surface area contributed by atoms with Gasteiger partial charge in [-0.2, -0.15) is 0 Å². The molecule has 76 valence electrons.